The summed E-state index contributed by atoms with van der Waals surface area (Å²) in [6, 6.07) is 6.14. The predicted molar refractivity (Wildman–Crippen MR) is 98.2 cm³/mol. The SMILES string of the molecule is O=C(Nc1cccc([N+](=O)[O-])c1)C1[C@H]2CC/C=C\CC/C=C\CC[C@@H]12. The van der Waals surface area contributed by atoms with Gasteiger partial charge in [-0.15, -0.1) is 0 Å². The monoisotopic (exact) mass is 340 g/mol. The Morgan fingerprint density at radius 2 is 1.60 bits per heavy atom. The highest BCUT2D eigenvalue weighted by molar-refractivity contribution is 5.95. The quantitative estimate of drug-likeness (QED) is 0.485. The number of fused-ring (bicyclic) bond motifs is 1. The summed E-state index contributed by atoms with van der Waals surface area (Å²) in [5.74, 6) is 0.882. The highest BCUT2D eigenvalue weighted by Crippen LogP contribution is 2.52. The van der Waals surface area contributed by atoms with E-state index in [4.69, 9.17) is 0 Å². The van der Waals surface area contributed by atoms with Crippen molar-refractivity contribution in [1.82, 2.24) is 0 Å². The molecule has 5 heteroatoms. The van der Waals surface area contributed by atoms with Gasteiger partial charge in [-0.2, -0.15) is 0 Å². The maximum atomic E-state index is 12.6. The molecule has 0 radical (unpaired) electrons. The second-order valence-electron chi connectivity index (χ2n) is 6.83. The number of carbonyl (C=O) groups is 1. The van der Waals surface area contributed by atoms with Gasteiger partial charge in [0, 0.05) is 23.7 Å². The fourth-order valence-corrected chi connectivity index (χ4v) is 3.79. The lowest BCUT2D eigenvalue weighted by atomic mass is 10.1. The highest BCUT2D eigenvalue weighted by Gasteiger charge is 2.52. The first-order valence-corrected chi connectivity index (χ1v) is 9.02. The molecular weight excluding hydrogens is 316 g/mol. The van der Waals surface area contributed by atoms with Crippen LogP contribution in [-0.2, 0) is 4.79 Å². The van der Waals surface area contributed by atoms with Crippen molar-refractivity contribution >= 4 is 17.3 Å². The van der Waals surface area contributed by atoms with Crippen LogP contribution in [-0.4, -0.2) is 10.8 Å². The number of benzene rings is 1. The molecule has 0 spiro atoms. The number of nitrogens with one attached hydrogen (secondary N) is 1. The smallest absolute Gasteiger partial charge is 0.271 e. The molecule has 3 rings (SSSR count). The number of rotatable bonds is 3. The third-order valence-electron chi connectivity index (χ3n) is 5.13. The van der Waals surface area contributed by atoms with Gasteiger partial charge in [0.25, 0.3) is 5.69 Å². The van der Waals surface area contributed by atoms with E-state index in [9.17, 15) is 14.9 Å². The molecule has 3 atom stereocenters. The number of carbonyl (C=O) groups excluding carboxylic acids is 1. The summed E-state index contributed by atoms with van der Waals surface area (Å²) in [5.41, 5.74) is 0.497. The molecule has 1 saturated carbocycles. The topological polar surface area (TPSA) is 72.2 Å². The minimum Gasteiger partial charge on any atom is -0.326 e. The lowest BCUT2D eigenvalue weighted by molar-refractivity contribution is -0.384. The molecular formula is C20H24N2O3. The molecule has 0 heterocycles. The molecule has 2 aliphatic carbocycles. The largest absolute Gasteiger partial charge is 0.326 e. The molecule has 2 aliphatic rings. The zero-order valence-electron chi connectivity index (χ0n) is 14.3. The maximum Gasteiger partial charge on any atom is 0.271 e. The Bertz CT molecular complexity index is 672. The van der Waals surface area contributed by atoms with E-state index >= 15 is 0 Å². The van der Waals surface area contributed by atoms with E-state index in [2.05, 4.69) is 29.6 Å². The van der Waals surface area contributed by atoms with Crippen LogP contribution in [0.1, 0.15) is 38.5 Å². The van der Waals surface area contributed by atoms with Crippen molar-refractivity contribution < 1.29 is 9.72 Å². The van der Waals surface area contributed by atoms with E-state index in [-0.39, 0.29) is 17.5 Å². The fraction of sp³-hybridized carbons (Fsp3) is 0.450. The van der Waals surface area contributed by atoms with E-state index in [1.807, 2.05) is 0 Å². The fourth-order valence-electron chi connectivity index (χ4n) is 3.79. The molecule has 1 aromatic rings. The predicted octanol–water partition coefficient (Wildman–Crippen LogP) is 4.86. The van der Waals surface area contributed by atoms with Crippen LogP contribution < -0.4 is 5.32 Å². The van der Waals surface area contributed by atoms with E-state index in [0.717, 1.165) is 38.5 Å². The van der Waals surface area contributed by atoms with Crippen LogP contribution in [0.5, 0.6) is 0 Å². The van der Waals surface area contributed by atoms with Gasteiger partial charge >= 0.3 is 0 Å². The van der Waals surface area contributed by atoms with Gasteiger partial charge in [-0.3, -0.25) is 14.9 Å². The minimum absolute atomic E-state index is 0.00155. The number of allylic oxidation sites excluding steroid dienone is 4. The molecule has 1 amide bonds. The molecule has 0 aliphatic heterocycles. The van der Waals surface area contributed by atoms with Crippen LogP contribution in [0.25, 0.3) is 0 Å². The van der Waals surface area contributed by atoms with Gasteiger partial charge < -0.3 is 5.32 Å². The number of hydrogen-bond donors (Lipinski definition) is 1. The van der Waals surface area contributed by atoms with Crippen LogP contribution in [0.3, 0.4) is 0 Å². The summed E-state index contributed by atoms with van der Waals surface area (Å²) < 4.78 is 0. The molecule has 0 bridgehead atoms. The Kier molecular flexibility index (Phi) is 5.64. The Hall–Kier alpha value is -2.43. The lowest BCUT2D eigenvalue weighted by Gasteiger charge is -2.05. The van der Waals surface area contributed by atoms with Gasteiger partial charge in [0.15, 0.2) is 0 Å². The number of non-ortho nitro benzene ring substituents is 1. The molecule has 1 fully saturated rings. The molecule has 1 aromatic carbocycles. The Morgan fingerprint density at radius 1 is 1.00 bits per heavy atom. The van der Waals surface area contributed by atoms with Gasteiger partial charge in [-0.05, 0) is 56.4 Å². The minimum atomic E-state index is -0.446. The number of nitro groups is 1. The van der Waals surface area contributed by atoms with E-state index in [1.54, 1.807) is 12.1 Å². The average molecular weight is 340 g/mol. The van der Waals surface area contributed by atoms with Crippen molar-refractivity contribution in [3.05, 3.63) is 58.7 Å². The standard InChI is InChI=1S/C20H24N2O3/c23-20(21-15-10-9-11-16(14-15)22(24)25)19-17-12-7-5-3-1-2-4-6-8-13-18(17)19/h3-6,9-11,14,17-19H,1-2,7-8,12-13H2,(H,21,23)/b5-3-,6-4-/t17-,18+,19?. The summed E-state index contributed by atoms with van der Waals surface area (Å²) in [4.78, 5) is 23.1. The molecule has 25 heavy (non-hydrogen) atoms. The van der Waals surface area contributed by atoms with Crippen molar-refractivity contribution in [2.45, 2.75) is 38.5 Å². The van der Waals surface area contributed by atoms with Crippen molar-refractivity contribution in [3.8, 4) is 0 Å². The summed E-state index contributed by atoms with van der Waals surface area (Å²) in [6.07, 6.45) is 15.2. The van der Waals surface area contributed by atoms with Crippen LogP contribution >= 0.6 is 0 Å². The Labute approximate surface area is 148 Å². The van der Waals surface area contributed by atoms with E-state index < -0.39 is 4.92 Å². The van der Waals surface area contributed by atoms with Crippen molar-refractivity contribution in [1.29, 1.82) is 0 Å². The van der Waals surface area contributed by atoms with Crippen molar-refractivity contribution in [2.75, 3.05) is 5.32 Å². The zero-order valence-corrected chi connectivity index (χ0v) is 14.3. The molecule has 0 aromatic heterocycles. The number of anilines is 1. The highest BCUT2D eigenvalue weighted by atomic mass is 16.6. The number of amides is 1. The first-order valence-electron chi connectivity index (χ1n) is 9.02. The van der Waals surface area contributed by atoms with E-state index in [0.29, 0.717) is 17.5 Å². The average Bonchev–Trinajstić information content (AvgIpc) is 3.27. The van der Waals surface area contributed by atoms with Crippen molar-refractivity contribution in [3.63, 3.8) is 0 Å². The maximum absolute atomic E-state index is 12.6. The van der Waals surface area contributed by atoms with Gasteiger partial charge in [0.1, 0.15) is 0 Å². The Morgan fingerprint density at radius 3 is 2.20 bits per heavy atom. The summed E-state index contributed by atoms with van der Waals surface area (Å²) in [5, 5.41) is 13.7. The molecule has 1 unspecified atom stereocenters. The molecule has 1 N–H and O–H groups in total. The molecule has 5 nitrogen and oxygen atoms in total. The van der Waals surface area contributed by atoms with Crippen LogP contribution in [0, 0.1) is 27.9 Å². The molecule has 0 saturated heterocycles. The third-order valence-corrected chi connectivity index (χ3v) is 5.13. The second kappa shape index (κ2) is 8.10. The summed E-state index contributed by atoms with van der Waals surface area (Å²) >= 11 is 0. The van der Waals surface area contributed by atoms with Crippen LogP contribution in [0.4, 0.5) is 11.4 Å². The third kappa shape index (κ3) is 4.56. The van der Waals surface area contributed by atoms with E-state index in [1.165, 1.54) is 12.1 Å². The summed E-state index contributed by atoms with van der Waals surface area (Å²) in [7, 11) is 0. The van der Waals surface area contributed by atoms with Gasteiger partial charge in [-0.1, -0.05) is 30.4 Å². The van der Waals surface area contributed by atoms with Gasteiger partial charge in [-0.25, -0.2) is 0 Å². The van der Waals surface area contributed by atoms with Crippen molar-refractivity contribution in [2.24, 2.45) is 17.8 Å². The van der Waals surface area contributed by atoms with Crippen LogP contribution in [0.15, 0.2) is 48.6 Å². The van der Waals surface area contributed by atoms with Gasteiger partial charge in [0.2, 0.25) is 5.91 Å². The number of nitro benzene ring substituents is 1. The van der Waals surface area contributed by atoms with Crippen LogP contribution in [0.2, 0.25) is 0 Å². The number of hydrogen-bond acceptors (Lipinski definition) is 3. The first kappa shape index (κ1) is 17.4. The zero-order chi connectivity index (χ0) is 17.6. The lowest BCUT2D eigenvalue weighted by Crippen LogP contribution is -2.15. The summed E-state index contributed by atoms with van der Waals surface area (Å²) in [6.45, 7) is 0. The van der Waals surface area contributed by atoms with Gasteiger partial charge in [0.05, 0.1) is 4.92 Å². The first-order chi connectivity index (χ1) is 12.2. The normalized spacial score (nSPS) is 28.6. The molecule has 132 valence electrons. The number of nitrogens with zero attached hydrogens (tertiary/aromatic N) is 1. The second-order valence-corrected chi connectivity index (χ2v) is 6.83. The Balaban J connectivity index is 1.63.